The van der Waals surface area contributed by atoms with Crippen molar-refractivity contribution in [3.8, 4) is 0 Å². The van der Waals surface area contributed by atoms with Crippen molar-refractivity contribution in [1.29, 1.82) is 0 Å². The molecule has 3 heterocycles. The van der Waals surface area contributed by atoms with Crippen LogP contribution in [0.3, 0.4) is 0 Å². The van der Waals surface area contributed by atoms with Gasteiger partial charge in [0, 0.05) is 24.5 Å². The number of aromatic nitrogens is 3. The van der Waals surface area contributed by atoms with Gasteiger partial charge in [-0.25, -0.2) is 4.98 Å². The van der Waals surface area contributed by atoms with Crippen molar-refractivity contribution in [3.63, 3.8) is 0 Å². The predicted molar refractivity (Wildman–Crippen MR) is 162 cm³/mol. The number of ketones is 1. The van der Waals surface area contributed by atoms with Crippen LogP contribution in [0.15, 0.2) is 70.3 Å². The molecule has 0 spiro atoms. The van der Waals surface area contributed by atoms with E-state index in [1.165, 1.54) is 39.3 Å². The molecular weight excluding hydrogens is 563 g/mol. The van der Waals surface area contributed by atoms with Gasteiger partial charge in [0.15, 0.2) is 10.1 Å². The summed E-state index contributed by atoms with van der Waals surface area (Å²) in [4.78, 5) is 35.8. The minimum atomic E-state index is -0.854. The van der Waals surface area contributed by atoms with Crippen molar-refractivity contribution in [2.45, 2.75) is 43.8 Å². The molecule has 1 amide bonds. The lowest BCUT2D eigenvalue weighted by Gasteiger charge is -2.25. The van der Waals surface area contributed by atoms with Crippen LogP contribution in [0, 0.1) is 13.8 Å². The number of benzene rings is 2. The number of thioether (sulfide) groups is 1. The van der Waals surface area contributed by atoms with E-state index in [1.807, 2.05) is 61.5 Å². The highest BCUT2D eigenvalue weighted by Crippen LogP contribution is 2.44. The van der Waals surface area contributed by atoms with E-state index < -0.39 is 23.5 Å². The third-order valence-corrected chi connectivity index (χ3v) is 9.91. The third kappa shape index (κ3) is 5.41. The summed E-state index contributed by atoms with van der Waals surface area (Å²) < 4.78 is 0.690. The van der Waals surface area contributed by atoms with E-state index in [1.54, 1.807) is 6.92 Å². The summed E-state index contributed by atoms with van der Waals surface area (Å²) in [6, 6.07) is 16.9. The van der Waals surface area contributed by atoms with Crippen LogP contribution in [0.1, 0.15) is 51.4 Å². The highest BCUT2D eigenvalue weighted by Gasteiger charge is 2.46. The molecule has 1 unspecified atom stereocenters. The molecule has 5 rings (SSSR count). The first-order valence-corrected chi connectivity index (χ1v) is 15.5. The Labute approximate surface area is 245 Å². The second-order valence-corrected chi connectivity index (χ2v) is 12.6. The maximum absolute atomic E-state index is 13.9. The van der Waals surface area contributed by atoms with E-state index in [9.17, 15) is 14.7 Å². The number of thiazole rings is 1. The first kappa shape index (κ1) is 28.0. The minimum absolute atomic E-state index is 0.0287. The summed E-state index contributed by atoms with van der Waals surface area (Å²) in [5.74, 6) is -0.938. The van der Waals surface area contributed by atoms with Crippen LogP contribution in [0.5, 0.6) is 0 Å². The molecule has 2 aromatic heterocycles. The standard InChI is InChI=1S/C29H29N5O3S3/c1-5-33(6-2)21-14-12-20(13-15-21)23-22(24(35)26-17(3)30-18(4)39-26)25(36)27(37)34(23)28-31-32-29(40-28)38-16-19-10-8-7-9-11-19/h7-15,23,36H,5-6,16H2,1-4H3. The van der Waals surface area contributed by atoms with Crippen LogP contribution in [-0.4, -0.2) is 45.1 Å². The number of Topliss-reactive ketones (excluding diaryl/α,β-unsaturated/α-hetero) is 1. The fourth-order valence-corrected chi connectivity index (χ4v) is 7.45. The van der Waals surface area contributed by atoms with Crippen LogP contribution in [-0.2, 0) is 10.5 Å². The van der Waals surface area contributed by atoms with Crippen LogP contribution in [0.25, 0.3) is 0 Å². The first-order valence-electron chi connectivity index (χ1n) is 12.9. The van der Waals surface area contributed by atoms with Gasteiger partial charge >= 0.3 is 0 Å². The fourth-order valence-electron chi connectivity index (χ4n) is 4.75. The first-order chi connectivity index (χ1) is 19.3. The van der Waals surface area contributed by atoms with E-state index in [0.717, 1.165) is 29.3 Å². The second kappa shape index (κ2) is 11.9. The van der Waals surface area contributed by atoms with E-state index in [0.29, 0.717) is 31.4 Å². The normalized spacial score (nSPS) is 15.2. The van der Waals surface area contributed by atoms with Crippen LogP contribution in [0.4, 0.5) is 10.8 Å². The second-order valence-electron chi connectivity index (χ2n) is 9.21. The highest BCUT2D eigenvalue weighted by atomic mass is 32.2. The molecule has 1 aliphatic heterocycles. The molecule has 1 aliphatic rings. The number of rotatable bonds is 10. The molecule has 2 aromatic carbocycles. The maximum atomic E-state index is 13.9. The summed E-state index contributed by atoms with van der Waals surface area (Å²) >= 11 is 4.04. The number of hydrogen-bond acceptors (Lipinski definition) is 10. The van der Waals surface area contributed by atoms with E-state index in [4.69, 9.17) is 0 Å². The number of nitrogens with zero attached hydrogens (tertiary/aromatic N) is 5. The van der Waals surface area contributed by atoms with Gasteiger partial charge in [0.2, 0.25) is 10.9 Å². The Morgan fingerprint density at radius 3 is 2.35 bits per heavy atom. The van der Waals surface area contributed by atoms with Crippen LogP contribution < -0.4 is 9.80 Å². The molecule has 1 N–H and O–H groups in total. The molecule has 0 radical (unpaired) electrons. The molecule has 1 atom stereocenters. The Morgan fingerprint density at radius 2 is 1.73 bits per heavy atom. The smallest absolute Gasteiger partial charge is 0.296 e. The third-order valence-electron chi connectivity index (χ3n) is 6.71. The monoisotopic (exact) mass is 591 g/mol. The van der Waals surface area contributed by atoms with Gasteiger partial charge in [0.05, 0.1) is 27.2 Å². The molecule has 0 saturated heterocycles. The maximum Gasteiger partial charge on any atom is 0.296 e. The topological polar surface area (TPSA) is 99.5 Å². The summed E-state index contributed by atoms with van der Waals surface area (Å²) in [5.41, 5.74) is 3.49. The van der Waals surface area contributed by atoms with Gasteiger partial charge in [-0.05, 0) is 51.0 Å². The zero-order valence-corrected chi connectivity index (χ0v) is 25.1. The lowest BCUT2D eigenvalue weighted by molar-refractivity contribution is -0.117. The fraction of sp³-hybridized carbons (Fsp3) is 0.276. The highest BCUT2D eigenvalue weighted by molar-refractivity contribution is 8.00. The van der Waals surface area contributed by atoms with Gasteiger partial charge in [-0.15, -0.1) is 21.5 Å². The Kier molecular flexibility index (Phi) is 8.34. The van der Waals surface area contributed by atoms with Gasteiger partial charge in [-0.1, -0.05) is 65.6 Å². The zero-order valence-electron chi connectivity index (χ0n) is 22.6. The number of carbonyl (C=O) groups is 2. The average molecular weight is 592 g/mol. The number of hydrogen-bond donors (Lipinski definition) is 1. The van der Waals surface area contributed by atoms with Gasteiger partial charge in [-0.2, -0.15) is 0 Å². The zero-order chi connectivity index (χ0) is 28.4. The summed E-state index contributed by atoms with van der Waals surface area (Å²) in [5, 5.41) is 20.8. The molecule has 0 saturated carbocycles. The number of anilines is 2. The summed E-state index contributed by atoms with van der Waals surface area (Å²) in [7, 11) is 0. The van der Waals surface area contributed by atoms with Crippen LogP contribution >= 0.6 is 34.4 Å². The Balaban J connectivity index is 1.53. The van der Waals surface area contributed by atoms with Crippen molar-refractivity contribution >= 4 is 56.9 Å². The minimum Gasteiger partial charge on any atom is -0.503 e. The number of carbonyl (C=O) groups excluding carboxylic acids is 2. The van der Waals surface area contributed by atoms with E-state index in [2.05, 4.69) is 33.9 Å². The van der Waals surface area contributed by atoms with Crippen LogP contribution in [0.2, 0.25) is 0 Å². The lowest BCUT2D eigenvalue weighted by Crippen LogP contribution is -2.31. The van der Waals surface area contributed by atoms with Gasteiger partial charge in [0.25, 0.3) is 5.91 Å². The SMILES string of the molecule is CCN(CC)c1ccc(C2C(C(=O)c3sc(C)nc3C)=C(O)C(=O)N2c2nnc(SCc3ccccc3)s2)cc1. The number of aliphatic hydroxyl groups is 1. The largest absolute Gasteiger partial charge is 0.503 e. The molecule has 11 heteroatoms. The molecule has 206 valence electrons. The lowest BCUT2D eigenvalue weighted by atomic mass is 9.95. The van der Waals surface area contributed by atoms with Gasteiger partial charge in [-0.3, -0.25) is 14.5 Å². The Morgan fingerprint density at radius 1 is 1.02 bits per heavy atom. The van der Waals surface area contributed by atoms with E-state index >= 15 is 0 Å². The van der Waals surface area contributed by atoms with Crippen molar-refractivity contribution in [1.82, 2.24) is 15.2 Å². The molecule has 40 heavy (non-hydrogen) atoms. The molecule has 0 bridgehead atoms. The molecule has 8 nitrogen and oxygen atoms in total. The van der Waals surface area contributed by atoms with Crippen molar-refractivity contribution in [2.75, 3.05) is 22.9 Å². The Bertz CT molecular complexity index is 1560. The van der Waals surface area contributed by atoms with Gasteiger partial charge in [0.1, 0.15) is 0 Å². The van der Waals surface area contributed by atoms with Crippen molar-refractivity contribution in [2.24, 2.45) is 0 Å². The molecule has 4 aromatic rings. The van der Waals surface area contributed by atoms with Crippen molar-refractivity contribution < 1.29 is 14.7 Å². The Hall–Kier alpha value is -3.54. The average Bonchev–Trinajstić information content (AvgIpc) is 3.64. The van der Waals surface area contributed by atoms with E-state index in [-0.39, 0.29) is 5.57 Å². The number of amides is 1. The number of aryl methyl sites for hydroxylation is 2. The van der Waals surface area contributed by atoms with Crippen molar-refractivity contribution in [3.05, 3.63) is 92.6 Å². The van der Waals surface area contributed by atoms with Gasteiger partial charge < -0.3 is 10.0 Å². The predicted octanol–water partition coefficient (Wildman–Crippen LogP) is 6.53. The summed E-state index contributed by atoms with van der Waals surface area (Å²) in [6.45, 7) is 9.48. The summed E-state index contributed by atoms with van der Waals surface area (Å²) in [6.07, 6.45) is 0. The quantitative estimate of drug-likeness (QED) is 0.126. The molecule has 0 fully saturated rings. The molecule has 0 aliphatic carbocycles. The molecular formula is C29H29N5O3S3. The number of aliphatic hydroxyl groups excluding tert-OH is 1.